The third kappa shape index (κ3) is 3.99. The number of hydrogen-bond acceptors (Lipinski definition) is 5. The van der Waals surface area contributed by atoms with E-state index in [4.69, 9.17) is 0 Å². The van der Waals surface area contributed by atoms with E-state index in [1.807, 2.05) is 12.4 Å². The number of hydrogen-bond donors (Lipinski definition) is 1. The second-order valence-electron chi connectivity index (χ2n) is 6.75. The van der Waals surface area contributed by atoms with Crippen molar-refractivity contribution in [3.05, 3.63) is 42.1 Å². The Labute approximate surface area is 147 Å². The molecule has 0 amide bonds. The zero-order chi connectivity index (χ0) is 17.8. The maximum absolute atomic E-state index is 11.5. The van der Waals surface area contributed by atoms with Crippen LogP contribution < -0.4 is 4.90 Å². The third-order valence-corrected chi connectivity index (χ3v) is 4.64. The first-order valence-electron chi connectivity index (χ1n) is 8.65. The van der Waals surface area contributed by atoms with Gasteiger partial charge in [-0.25, -0.2) is 14.8 Å². The third-order valence-electron chi connectivity index (χ3n) is 4.64. The molecule has 3 heterocycles. The van der Waals surface area contributed by atoms with Gasteiger partial charge >= 0.3 is 5.97 Å². The number of piperidine rings is 1. The largest absolute Gasteiger partial charge is 0.478 e. The lowest BCUT2D eigenvalue weighted by Gasteiger charge is -2.34. The maximum Gasteiger partial charge on any atom is 0.339 e. The minimum atomic E-state index is -0.933. The van der Waals surface area contributed by atoms with Crippen LogP contribution in [0.4, 0.5) is 5.82 Å². The highest BCUT2D eigenvalue weighted by atomic mass is 16.4. The number of anilines is 1. The van der Waals surface area contributed by atoms with Gasteiger partial charge in [-0.3, -0.25) is 0 Å². The minimum absolute atomic E-state index is 0.263. The van der Waals surface area contributed by atoms with Crippen molar-refractivity contribution in [1.82, 2.24) is 19.4 Å². The van der Waals surface area contributed by atoms with E-state index in [1.165, 1.54) is 0 Å². The molecule has 1 saturated heterocycles. The van der Waals surface area contributed by atoms with Crippen molar-refractivity contribution in [3.63, 3.8) is 0 Å². The van der Waals surface area contributed by atoms with Crippen molar-refractivity contribution < 1.29 is 9.90 Å². The SMILES string of the molecule is CN(C)CCn1ccnc1[C@@H]1CCCN(c2ncccc2C(=O)O)C1. The summed E-state index contributed by atoms with van der Waals surface area (Å²) < 4.78 is 2.21. The average Bonchev–Trinajstić information content (AvgIpc) is 3.08. The number of imidazole rings is 1. The lowest BCUT2D eigenvalue weighted by Crippen LogP contribution is -2.37. The minimum Gasteiger partial charge on any atom is -0.478 e. The van der Waals surface area contributed by atoms with E-state index in [0.717, 1.165) is 44.8 Å². The molecule has 7 nitrogen and oxygen atoms in total. The number of likely N-dealkylation sites (N-methyl/N-ethyl adjacent to an activating group) is 1. The zero-order valence-electron chi connectivity index (χ0n) is 14.8. The van der Waals surface area contributed by atoms with Gasteiger partial charge in [0.2, 0.25) is 0 Å². The number of carboxylic acid groups (broad SMARTS) is 1. The average molecular weight is 343 g/mol. The molecule has 2 aromatic rings. The molecule has 1 aliphatic rings. The van der Waals surface area contributed by atoms with Crippen LogP contribution in [0.25, 0.3) is 0 Å². The van der Waals surface area contributed by atoms with Crippen LogP contribution in [-0.4, -0.2) is 64.2 Å². The van der Waals surface area contributed by atoms with Crippen LogP contribution in [0.15, 0.2) is 30.7 Å². The highest BCUT2D eigenvalue weighted by Crippen LogP contribution is 2.29. The van der Waals surface area contributed by atoms with Crippen LogP contribution in [0.1, 0.15) is 34.9 Å². The highest BCUT2D eigenvalue weighted by molar-refractivity contribution is 5.93. The van der Waals surface area contributed by atoms with Crippen molar-refractivity contribution in [2.75, 3.05) is 38.6 Å². The Morgan fingerprint density at radius 1 is 1.36 bits per heavy atom. The molecule has 134 valence electrons. The molecule has 1 fully saturated rings. The van der Waals surface area contributed by atoms with Crippen LogP contribution >= 0.6 is 0 Å². The molecule has 0 aromatic carbocycles. The smallest absolute Gasteiger partial charge is 0.339 e. The lowest BCUT2D eigenvalue weighted by molar-refractivity contribution is 0.0697. The van der Waals surface area contributed by atoms with Crippen molar-refractivity contribution in [1.29, 1.82) is 0 Å². The molecule has 1 N–H and O–H groups in total. The number of rotatable bonds is 6. The number of carboxylic acids is 1. The standard InChI is InChI=1S/C18H25N5O2/c1-21(2)11-12-22-10-8-20-16(22)14-5-4-9-23(13-14)17-15(18(24)25)6-3-7-19-17/h3,6-8,10,14H,4-5,9,11-13H2,1-2H3,(H,24,25)/t14-/m1/s1. The van der Waals surface area contributed by atoms with Crippen molar-refractivity contribution in [2.45, 2.75) is 25.3 Å². The predicted molar refractivity (Wildman–Crippen MR) is 96.2 cm³/mol. The van der Waals surface area contributed by atoms with E-state index in [0.29, 0.717) is 5.82 Å². The summed E-state index contributed by atoms with van der Waals surface area (Å²) >= 11 is 0. The fourth-order valence-corrected chi connectivity index (χ4v) is 3.37. The molecule has 7 heteroatoms. The Hall–Kier alpha value is -2.41. The molecule has 3 rings (SSSR count). The Morgan fingerprint density at radius 3 is 2.96 bits per heavy atom. The first-order valence-corrected chi connectivity index (χ1v) is 8.65. The predicted octanol–water partition coefficient (Wildman–Crippen LogP) is 1.92. The van der Waals surface area contributed by atoms with Gasteiger partial charge in [0.1, 0.15) is 17.2 Å². The van der Waals surface area contributed by atoms with Gasteiger partial charge in [0.25, 0.3) is 0 Å². The van der Waals surface area contributed by atoms with Crippen LogP contribution in [0, 0.1) is 0 Å². The molecule has 1 aliphatic heterocycles. The molecule has 0 saturated carbocycles. The van der Waals surface area contributed by atoms with Gasteiger partial charge in [-0.05, 0) is 39.1 Å². The lowest BCUT2D eigenvalue weighted by atomic mass is 9.96. The molecule has 0 aliphatic carbocycles. The van der Waals surface area contributed by atoms with Gasteiger partial charge in [-0.1, -0.05) is 0 Å². The van der Waals surface area contributed by atoms with E-state index in [9.17, 15) is 9.90 Å². The van der Waals surface area contributed by atoms with Crippen molar-refractivity contribution >= 4 is 11.8 Å². The monoisotopic (exact) mass is 343 g/mol. The number of pyridine rings is 1. The quantitative estimate of drug-likeness (QED) is 0.864. The summed E-state index contributed by atoms with van der Waals surface area (Å²) in [5.41, 5.74) is 0.263. The van der Waals surface area contributed by atoms with E-state index in [2.05, 4.69) is 38.4 Å². The summed E-state index contributed by atoms with van der Waals surface area (Å²) in [4.78, 5) is 24.6. The van der Waals surface area contributed by atoms with E-state index in [-0.39, 0.29) is 11.5 Å². The number of carbonyl (C=O) groups is 1. The van der Waals surface area contributed by atoms with Crippen LogP contribution in [-0.2, 0) is 6.54 Å². The van der Waals surface area contributed by atoms with Gasteiger partial charge in [-0.2, -0.15) is 0 Å². The second kappa shape index (κ2) is 7.65. The molecule has 1 atom stereocenters. The fourth-order valence-electron chi connectivity index (χ4n) is 3.37. The first-order chi connectivity index (χ1) is 12.1. The Bertz CT molecular complexity index is 728. The van der Waals surface area contributed by atoms with Crippen molar-refractivity contribution in [2.24, 2.45) is 0 Å². The van der Waals surface area contributed by atoms with Gasteiger partial charge in [-0.15, -0.1) is 0 Å². The summed E-state index contributed by atoms with van der Waals surface area (Å²) in [5, 5.41) is 9.42. The highest BCUT2D eigenvalue weighted by Gasteiger charge is 2.27. The van der Waals surface area contributed by atoms with Gasteiger partial charge in [0.05, 0.1) is 0 Å². The summed E-state index contributed by atoms with van der Waals surface area (Å²) in [7, 11) is 4.13. The van der Waals surface area contributed by atoms with Gasteiger partial charge in [0, 0.05) is 50.7 Å². The molecule has 25 heavy (non-hydrogen) atoms. The summed E-state index contributed by atoms with van der Waals surface area (Å²) in [6.07, 6.45) is 7.60. The molecule has 2 aromatic heterocycles. The van der Waals surface area contributed by atoms with Gasteiger partial charge in [0.15, 0.2) is 0 Å². The normalized spacial score (nSPS) is 17.9. The molecule has 0 radical (unpaired) electrons. The van der Waals surface area contributed by atoms with E-state index >= 15 is 0 Å². The molecule has 0 unspecified atom stereocenters. The van der Waals surface area contributed by atoms with E-state index in [1.54, 1.807) is 18.3 Å². The van der Waals surface area contributed by atoms with Crippen LogP contribution in [0.3, 0.4) is 0 Å². The number of aromatic nitrogens is 3. The van der Waals surface area contributed by atoms with Gasteiger partial charge < -0.3 is 19.5 Å². The Kier molecular flexibility index (Phi) is 5.33. The summed E-state index contributed by atoms with van der Waals surface area (Å²) in [5.74, 6) is 0.998. The first kappa shape index (κ1) is 17.4. The number of nitrogens with zero attached hydrogens (tertiary/aromatic N) is 5. The maximum atomic E-state index is 11.5. The Balaban J connectivity index is 1.79. The molecule has 0 spiro atoms. The number of aromatic carboxylic acids is 1. The van der Waals surface area contributed by atoms with Crippen LogP contribution in [0.5, 0.6) is 0 Å². The Morgan fingerprint density at radius 2 is 2.20 bits per heavy atom. The molecular weight excluding hydrogens is 318 g/mol. The molecule has 0 bridgehead atoms. The zero-order valence-corrected chi connectivity index (χ0v) is 14.8. The van der Waals surface area contributed by atoms with E-state index < -0.39 is 5.97 Å². The second-order valence-corrected chi connectivity index (χ2v) is 6.75. The molecular formula is C18H25N5O2. The van der Waals surface area contributed by atoms with Crippen LogP contribution in [0.2, 0.25) is 0 Å². The summed E-state index contributed by atoms with van der Waals surface area (Å²) in [6, 6.07) is 3.29. The summed E-state index contributed by atoms with van der Waals surface area (Å²) in [6.45, 7) is 3.44. The fraction of sp³-hybridized carbons (Fsp3) is 0.500. The van der Waals surface area contributed by atoms with Crippen molar-refractivity contribution in [3.8, 4) is 0 Å². The topological polar surface area (TPSA) is 74.5 Å².